The zero-order valence-corrected chi connectivity index (χ0v) is 13.3. The maximum absolute atomic E-state index is 11.3. The van der Waals surface area contributed by atoms with Crippen molar-refractivity contribution in [3.63, 3.8) is 0 Å². The Labute approximate surface area is 124 Å². The molecular weight excluding hydrogens is 276 g/mol. The molecule has 1 rings (SSSR count). The van der Waals surface area contributed by atoms with Gasteiger partial charge in [-0.15, -0.1) is 11.3 Å². The number of aromatic nitrogens is 1. The molecular formula is C14H24N2O3S. The number of hydrogen-bond acceptors (Lipinski definition) is 6. The minimum atomic E-state index is -0.227. The highest BCUT2D eigenvalue weighted by molar-refractivity contribution is 7.13. The summed E-state index contributed by atoms with van der Waals surface area (Å²) < 4.78 is 10.4. The number of rotatable bonds is 10. The molecule has 0 unspecified atom stereocenters. The summed E-state index contributed by atoms with van der Waals surface area (Å²) in [5.41, 5.74) is 0.763. The number of ether oxygens (including phenoxy) is 2. The molecule has 1 aromatic rings. The second-order valence-corrected chi connectivity index (χ2v) is 5.54. The lowest BCUT2D eigenvalue weighted by atomic mass is 10.3. The Balaban J connectivity index is 2.15. The van der Waals surface area contributed by atoms with Gasteiger partial charge in [-0.05, 0) is 33.6 Å². The van der Waals surface area contributed by atoms with Crippen molar-refractivity contribution in [2.24, 2.45) is 0 Å². The molecule has 0 aromatic carbocycles. The smallest absolute Gasteiger partial charge is 0.311 e. The van der Waals surface area contributed by atoms with Crippen LogP contribution in [-0.4, -0.2) is 36.8 Å². The zero-order valence-electron chi connectivity index (χ0n) is 12.5. The highest BCUT2D eigenvalue weighted by atomic mass is 32.1. The first kappa shape index (κ1) is 16.9. The molecule has 0 spiro atoms. The Hall–Kier alpha value is -1.14. The summed E-state index contributed by atoms with van der Waals surface area (Å²) in [7, 11) is 0. The topological polar surface area (TPSA) is 60.5 Å². The minimum Gasteiger partial charge on any atom is -0.466 e. The molecule has 5 nitrogen and oxygen atoms in total. The van der Waals surface area contributed by atoms with Gasteiger partial charge in [0.05, 0.1) is 24.8 Å². The van der Waals surface area contributed by atoms with E-state index in [1.54, 1.807) is 6.92 Å². The van der Waals surface area contributed by atoms with E-state index in [0.29, 0.717) is 12.7 Å². The van der Waals surface area contributed by atoms with Gasteiger partial charge in [-0.2, -0.15) is 0 Å². The van der Waals surface area contributed by atoms with Gasteiger partial charge in [0.25, 0.3) is 0 Å². The van der Waals surface area contributed by atoms with Crippen LogP contribution in [0.15, 0.2) is 5.38 Å². The summed E-state index contributed by atoms with van der Waals surface area (Å²) in [6.45, 7) is 7.96. The van der Waals surface area contributed by atoms with Crippen LogP contribution in [0.1, 0.15) is 39.3 Å². The average molecular weight is 300 g/mol. The largest absolute Gasteiger partial charge is 0.466 e. The van der Waals surface area contributed by atoms with Crippen LogP contribution in [0.25, 0.3) is 0 Å². The van der Waals surface area contributed by atoms with Crippen molar-refractivity contribution in [3.05, 3.63) is 11.1 Å². The molecule has 1 aromatic heterocycles. The van der Waals surface area contributed by atoms with Gasteiger partial charge in [0, 0.05) is 18.5 Å². The van der Waals surface area contributed by atoms with Gasteiger partial charge in [-0.25, -0.2) is 4.98 Å². The number of esters is 1. The molecule has 0 saturated heterocycles. The highest BCUT2D eigenvalue weighted by Crippen LogP contribution is 2.16. The van der Waals surface area contributed by atoms with Crippen LogP contribution < -0.4 is 5.32 Å². The fraction of sp³-hybridized carbons (Fsp3) is 0.714. The van der Waals surface area contributed by atoms with Crippen molar-refractivity contribution in [3.8, 4) is 0 Å². The van der Waals surface area contributed by atoms with Crippen molar-refractivity contribution in [1.29, 1.82) is 0 Å². The van der Waals surface area contributed by atoms with Gasteiger partial charge >= 0.3 is 5.97 Å². The molecule has 0 bridgehead atoms. The predicted octanol–water partition coefficient (Wildman–Crippen LogP) is 2.87. The van der Waals surface area contributed by atoms with Gasteiger partial charge in [-0.3, -0.25) is 4.79 Å². The number of anilines is 1. The molecule has 114 valence electrons. The van der Waals surface area contributed by atoms with Crippen molar-refractivity contribution < 1.29 is 14.3 Å². The van der Waals surface area contributed by atoms with E-state index in [1.807, 2.05) is 19.2 Å². The Morgan fingerprint density at radius 3 is 2.95 bits per heavy atom. The van der Waals surface area contributed by atoms with Gasteiger partial charge in [0.2, 0.25) is 0 Å². The monoisotopic (exact) mass is 300 g/mol. The van der Waals surface area contributed by atoms with Crippen LogP contribution in [0.3, 0.4) is 0 Å². The van der Waals surface area contributed by atoms with Crippen molar-refractivity contribution >= 4 is 22.4 Å². The van der Waals surface area contributed by atoms with Gasteiger partial charge in [0.1, 0.15) is 0 Å². The summed E-state index contributed by atoms with van der Waals surface area (Å²) in [4.78, 5) is 15.7. The first-order valence-corrected chi connectivity index (χ1v) is 7.95. The summed E-state index contributed by atoms with van der Waals surface area (Å²) in [6.07, 6.45) is 2.62. The van der Waals surface area contributed by atoms with Crippen LogP contribution in [-0.2, 0) is 20.7 Å². The lowest BCUT2D eigenvalue weighted by Crippen LogP contribution is -2.08. The van der Waals surface area contributed by atoms with E-state index >= 15 is 0 Å². The Kier molecular flexibility index (Phi) is 8.22. The van der Waals surface area contributed by atoms with E-state index in [-0.39, 0.29) is 12.4 Å². The predicted molar refractivity (Wildman–Crippen MR) is 81.3 cm³/mol. The first-order valence-electron chi connectivity index (χ1n) is 7.07. The molecule has 0 fully saturated rings. The van der Waals surface area contributed by atoms with Crippen LogP contribution >= 0.6 is 11.3 Å². The molecule has 0 amide bonds. The molecule has 1 N–H and O–H groups in total. The first-order chi connectivity index (χ1) is 9.61. The van der Waals surface area contributed by atoms with E-state index in [2.05, 4.69) is 10.3 Å². The molecule has 0 saturated carbocycles. The summed E-state index contributed by atoms with van der Waals surface area (Å²) in [5.74, 6) is -0.227. The maximum Gasteiger partial charge on any atom is 0.311 e. The Morgan fingerprint density at radius 1 is 1.45 bits per heavy atom. The third kappa shape index (κ3) is 7.45. The molecule has 0 radical (unpaired) electrons. The van der Waals surface area contributed by atoms with Crippen LogP contribution in [0, 0.1) is 0 Å². The third-order valence-electron chi connectivity index (χ3n) is 2.48. The standard InChI is InChI=1S/C14H24N2O3S/c1-4-18-13(17)9-12-10-20-14(16-12)15-7-5-6-8-19-11(2)3/h10-11H,4-9H2,1-3H3,(H,15,16). The van der Waals surface area contributed by atoms with Gasteiger partial charge < -0.3 is 14.8 Å². The van der Waals surface area contributed by atoms with E-state index in [1.165, 1.54) is 11.3 Å². The number of unbranched alkanes of at least 4 members (excludes halogenated alkanes) is 1. The molecule has 1 heterocycles. The Bertz CT molecular complexity index is 394. The number of nitrogens with zero attached hydrogens (tertiary/aromatic N) is 1. The van der Waals surface area contributed by atoms with E-state index in [0.717, 1.165) is 36.8 Å². The van der Waals surface area contributed by atoms with Crippen molar-refractivity contribution in [2.45, 2.75) is 46.1 Å². The SMILES string of the molecule is CCOC(=O)Cc1csc(NCCCCOC(C)C)n1. The number of nitrogens with one attached hydrogen (secondary N) is 1. The van der Waals surface area contributed by atoms with Crippen LogP contribution in [0.5, 0.6) is 0 Å². The average Bonchev–Trinajstić information content (AvgIpc) is 2.81. The number of hydrogen-bond donors (Lipinski definition) is 1. The number of thiazole rings is 1. The van der Waals surface area contributed by atoms with Crippen LogP contribution in [0.4, 0.5) is 5.13 Å². The number of carbonyl (C=O) groups is 1. The maximum atomic E-state index is 11.3. The second-order valence-electron chi connectivity index (χ2n) is 4.68. The van der Waals surface area contributed by atoms with Gasteiger partial charge in [-0.1, -0.05) is 0 Å². The van der Waals surface area contributed by atoms with Crippen LogP contribution in [0.2, 0.25) is 0 Å². The summed E-state index contributed by atoms with van der Waals surface area (Å²) in [5, 5.41) is 6.00. The molecule has 20 heavy (non-hydrogen) atoms. The molecule has 6 heteroatoms. The molecule has 0 aliphatic carbocycles. The molecule has 0 aliphatic rings. The summed E-state index contributed by atoms with van der Waals surface area (Å²) in [6, 6.07) is 0. The lowest BCUT2D eigenvalue weighted by Gasteiger charge is -2.07. The zero-order chi connectivity index (χ0) is 14.8. The fourth-order valence-corrected chi connectivity index (χ4v) is 2.31. The van der Waals surface area contributed by atoms with Crippen molar-refractivity contribution in [1.82, 2.24) is 4.98 Å². The lowest BCUT2D eigenvalue weighted by molar-refractivity contribution is -0.142. The second kappa shape index (κ2) is 9.72. The van der Waals surface area contributed by atoms with E-state index in [9.17, 15) is 4.79 Å². The third-order valence-corrected chi connectivity index (χ3v) is 3.33. The quantitative estimate of drug-likeness (QED) is 0.532. The molecule has 0 atom stereocenters. The number of carbonyl (C=O) groups excluding carboxylic acids is 1. The van der Waals surface area contributed by atoms with Gasteiger partial charge in [0.15, 0.2) is 5.13 Å². The summed E-state index contributed by atoms with van der Waals surface area (Å²) >= 11 is 1.52. The fourth-order valence-electron chi connectivity index (χ4n) is 1.57. The Morgan fingerprint density at radius 2 is 2.25 bits per heavy atom. The van der Waals surface area contributed by atoms with Crippen molar-refractivity contribution in [2.75, 3.05) is 25.1 Å². The minimum absolute atomic E-state index is 0.227. The van der Waals surface area contributed by atoms with E-state index < -0.39 is 0 Å². The van der Waals surface area contributed by atoms with E-state index in [4.69, 9.17) is 9.47 Å². The molecule has 0 aliphatic heterocycles. The normalized spacial score (nSPS) is 10.8. The highest BCUT2D eigenvalue weighted by Gasteiger charge is 2.07.